The third-order valence-electron chi connectivity index (χ3n) is 0.903. The summed E-state index contributed by atoms with van der Waals surface area (Å²) in [6.45, 7) is 0. The average Bonchev–Trinajstić information content (AvgIpc) is 2.11. The van der Waals surface area contributed by atoms with E-state index in [1.54, 1.807) is 0 Å². The number of rotatable bonds is 0. The summed E-state index contributed by atoms with van der Waals surface area (Å²) in [5.41, 5.74) is -0.907. The Morgan fingerprint density at radius 1 is 1.50 bits per heavy atom. The Bertz CT molecular complexity index is 229. The molecule has 0 radical (unpaired) electrons. The molecule has 2 nitrogen and oxygen atoms in total. The highest BCUT2D eigenvalue weighted by Crippen LogP contribution is 2.30. The number of hydrogen-bond donors (Lipinski definition) is 2. The van der Waals surface area contributed by atoms with Crippen molar-refractivity contribution in [2.45, 2.75) is 11.2 Å². The fourth-order valence-corrected chi connectivity index (χ4v) is 0.745. The minimum atomic E-state index is -4.38. The predicted molar refractivity (Wildman–Crippen MR) is 30.8 cm³/mol. The van der Waals surface area contributed by atoms with Crippen LogP contribution in [0, 0.1) is 0 Å². The number of H-pyrrole nitrogens is 1. The first-order valence-corrected chi connectivity index (χ1v) is 2.76. The standard InChI is InChI=1S/C4H3F3N2S/c5-4(6,7)2-3(10)9-1-8-2/h1,10H,(H,8,9). The van der Waals surface area contributed by atoms with Crippen LogP contribution in [0.1, 0.15) is 5.69 Å². The predicted octanol–water partition coefficient (Wildman–Crippen LogP) is 1.72. The van der Waals surface area contributed by atoms with Gasteiger partial charge in [0.2, 0.25) is 0 Å². The van der Waals surface area contributed by atoms with Crippen molar-refractivity contribution in [1.82, 2.24) is 9.97 Å². The van der Waals surface area contributed by atoms with E-state index in [4.69, 9.17) is 0 Å². The molecule has 56 valence electrons. The van der Waals surface area contributed by atoms with E-state index in [0.29, 0.717) is 0 Å². The Morgan fingerprint density at radius 3 is 2.30 bits per heavy atom. The van der Waals surface area contributed by atoms with E-state index in [9.17, 15) is 13.2 Å². The van der Waals surface area contributed by atoms with Gasteiger partial charge in [0.1, 0.15) is 5.03 Å². The highest BCUT2D eigenvalue weighted by atomic mass is 32.1. The first kappa shape index (κ1) is 7.46. The summed E-state index contributed by atoms with van der Waals surface area (Å²) >= 11 is 3.48. The molecular formula is C4H3F3N2S. The Kier molecular flexibility index (Phi) is 1.63. The van der Waals surface area contributed by atoms with E-state index in [1.165, 1.54) is 0 Å². The van der Waals surface area contributed by atoms with Crippen molar-refractivity contribution in [3.05, 3.63) is 12.0 Å². The van der Waals surface area contributed by atoms with Crippen LogP contribution >= 0.6 is 12.6 Å². The number of nitrogens with zero attached hydrogens (tertiary/aromatic N) is 1. The van der Waals surface area contributed by atoms with Gasteiger partial charge in [-0.25, -0.2) is 4.98 Å². The molecule has 0 fully saturated rings. The molecule has 0 aliphatic carbocycles. The third-order valence-corrected chi connectivity index (χ3v) is 1.24. The number of aromatic amines is 1. The summed E-state index contributed by atoms with van der Waals surface area (Å²) in [4.78, 5) is 5.20. The van der Waals surface area contributed by atoms with Crippen LogP contribution in [0.4, 0.5) is 13.2 Å². The van der Waals surface area contributed by atoms with Crippen LogP contribution < -0.4 is 0 Å². The molecule has 0 bridgehead atoms. The van der Waals surface area contributed by atoms with Crippen LogP contribution in [-0.4, -0.2) is 9.97 Å². The smallest absolute Gasteiger partial charge is 0.340 e. The number of thiol groups is 1. The fraction of sp³-hybridized carbons (Fsp3) is 0.250. The highest BCUT2D eigenvalue weighted by molar-refractivity contribution is 7.80. The van der Waals surface area contributed by atoms with Crippen LogP contribution in [0.3, 0.4) is 0 Å². The minimum Gasteiger partial charge on any atom is -0.340 e. The van der Waals surface area contributed by atoms with E-state index in [0.717, 1.165) is 6.33 Å². The van der Waals surface area contributed by atoms with E-state index in [1.807, 2.05) is 4.98 Å². The zero-order valence-corrected chi connectivity index (χ0v) is 5.50. The van der Waals surface area contributed by atoms with Gasteiger partial charge in [-0.1, -0.05) is 0 Å². The van der Waals surface area contributed by atoms with Gasteiger partial charge in [0.05, 0.1) is 6.33 Å². The van der Waals surface area contributed by atoms with Gasteiger partial charge in [-0.3, -0.25) is 0 Å². The number of hydrogen-bond acceptors (Lipinski definition) is 2. The lowest BCUT2D eigenvalue weighted by molar-refractivity contribution is -0.143. The molecule has 0 unspecified atom stereocenters. The molecule has 1 heterocycles. The maximum atomic E-state index is 11.8. The largest absolute Gasteiger partial charge is 0.433 e. The van der Waals surface area contributed by atoms with E-state index in [-0.39, 0.29) is 5.03 Å². The highest BCUT2D eigenvalue weighted by Gasteiger charge is 2.34. The van der Waals surface area contributed by atoms with Crippen LogP contribution in [0.2, 0.25) is 0 Å². The van der Waals surface area contributed by atoms with Crippen molar-refractivity contribution >= 4 is 12.6 Å². The zero-order valence-electron chi connectivity index (χ0n) is 4.61. The molecule has 10 heavy (non-hydrogen) atoms. The average molecular weight is 168 g/mol. The molecule has 0 aromatic carbocycles. The zero-order chi connectivity index (χ0) is 7.78. The molecule has 0 saturated carbocycles. The van der Waals surface area contributed by atoms with Crippen molar-refractivity contribution in [2.24, 2.45) is 0 Å². The van der Waals surface area contributed by atoms with Gasteiger partial charge in [0, 0.05) is 0 Å². The van der Waals surface area contributed by atoms with Crippen molar-refractivity contribution in [3.63, 3.8) is 0 Å². The third kappa shape index (κ3) is 1.26. The summed E-state index contributed by atoms with van der Waals surface area (Å²) in [7, 11) is 0. The molecule has 0 aliphatic rings. The molecule has 1 rings (SSSR count). The van der Waals surface area contributed by atoms with Crippen LogP contribution in [0.25, 0.3) is 0 Å². The van der Waals surface area contributed by atoms with E-state index >= 15 is 0 Å². The molecule has 1 aromatic rings. The van der Waals surface area contributed by atoms with Crippen molar-refractivity contribution in [1.29, 1.82) is 0 Å². The van der Waals surface area contributed by atoms with Gasteiger partial charge in [-0.05, 0) is 0 Å². The maximum absolute atomic E-state index is 11.8. The summed E-state index contributed by atoms with van der Waals surface area (Å²) in [6, 6.07) is 0. The summed E-state index contributed by atoms with van der Waals surface area (Å²) in [5, 5.41) is -0.326. The molecule has 0 aliphatic heterocycles. The lowest BCUT2D eigenvalue weighted by Crippen LogP contribution is -2.05. The van der Waals surface area contributed by atoms with Crippen LogP contribution in [0.15, 0.2) is 11.4 Å². The quantitative estimate of drug-likeness (QED) is 0.567. The Hall–Kier alpha value is -0.650. The Balaban J connectivity index is 3.05. The van der Waals surface area contributed by atoms with Gasteiger partial charge < -0.3 is 4.98 Å². The maximum Gasteiger partial charge on any atom is 0.433 e. The molecule has 1 N–H and O–H groups in total. The first-order chi connectivity index (χ1) is 4.52. The topological polar surface area (TPSA) is 28.7 Å². The lowest BCUT2D eigenvalue weighted by Gasteiger charge is -2.01. The summed E-state index contributed by atoms with van der Waals surface area (Å²) < 4.78 is 35.3. The van der Waals surface area contributed by atoms with Gasteiger partial charge in [-0.15, -0.1) is 12.6 Å². The molecule has 0 spiro atoms. The van der Waals surface area contributed by atoms with Crippen LogP contribution in [-0.2, 0) is 6.18 Å². The summed E-state index contributed by atoms with van der Waals surface area (Å²) in [5.74, 6) is 0. The van der Waals surface area contributed by atoms with Gasteiger partial charge in [0.15, 0.2) is 5.69 Å². The second-order valence-electron chi connectivity index (χ2n) is 1.60. The number of nitrogens with one attached hydrogen (secondary N) is 1. The van der Waals surface area contributed by atoms with Gasteiger partial charge in [0.25, 0.3) is 0 Å². The SMILES string of the molecule is FC(F)(F)c1[nH]cnc1S. The number of aromatic nitrogens is 2. The monoisotopic (exact) mass is 168 g/mol. The lowest BCUT2D eigenvalue weighted by atomic mass is 10.5. The molecule has 0 amide bonds. The molecular weight excluding hydrogens is 165 g/mol. The molecule has 0 atom stereocenters. The number of imidazole rings is 1. The summed E-state index contributed by atoms with van der Waals surface area (Å²) in [6.07, 6.45) is -3.43. The second kappa shape index (κ2) is 2.19. The van der Waals surface area contributed by atoms with Crippen LogP contribution in [0.5, 0.6) is 0 Å². The normalized spacial score (nSPS) is 12.0. The molecule has 0 saturated heterocycles. The van der Waals surface area contributed by atoms with Gasteiger partial charge in [-0.2, -0.15) is 13.2 Å². The number of alkyl halides is 3. The Morgan fingerprint density at radius 2 is 2.10 bits per heavy atom. The van der Waals surface area contributed by atoms with Gasteiger partial charge >= 0.3 is 6.18 Å². The first-order valence-electron chi connectivity index (χ1n) is 2.31. The fourth-order valence-electron chi connectivity index (χ4n) is 0.496. The Labute approximate surface area is 59.9 Å². The molecule has 1 aromatic heterocycles. The van der Waals surface area contributed by atoms with Crippen molar-refractivity contribution in [2.75, 3.05) is 0 Å². The van der Waals surface area contributed by atoms with Crippen molar-refractivity contribution < 1.29 is 13.2 Å². The van der Waals surface area contributed by atoms with Crippen molar-refractivity contribution in [3.8, 4) is 0 Å². The van der Waals surface area contributed by atoms with E-state index < -0.39 is 11.9 Å². The molecule has 6 heteroatoms. The van der Waals surface area contributed by atoms with E-state index in [2.05, 4.69) is 17.6 Å². The minimum absolute atomic E-state index is 0.326. The second-order valence-corrected chi connectivity index (χ2v) is 2.02. The number of halogens is 3.